The second kappa shape index (κ2) is 5.04. The maximum absolute atomic E-state index is 11.7. The van der Waals surface area contributed by atoms with E-state index in [1.54, 1.807) is 11.6 Å². The van der Waals surface area contributed by atoms with E-state index in [1.807, 2.05) is 44.3 Å². The van der Waals surface area contributed by atoms with Gasteiger partial charge in [0, 0.05) is 11.8 Å². The molecule has 0 aliphatic carbocycles. The molecule has 0 aliphatic rings. The lowest BCUT2D eigenvalue weighted by molar-refractivity contribution is 0.0518. The molecule has 0 N–H and O–H groups in total. The highest BCUT2D eigenvalue weighted by Gasteiger charge is 2.15. The van der Waals surface area contributed by atoms with Crippen LogP contribution in [-0.2, 0) is 4.74 Å². The van der Waals surface area contributed by atoms with Crippen LogP contribution >= 0.6 is 0 Å². The van der Waals surface area contributed by atoms with Gasteiger partial charge in [0.1, 0.15) is 0 Å². The molecule has 0 radical (unpaired) electrons. The minimum atomic E-state index is -0.374. The van der Waals surface area contributed by atoms with Crippen molar-refractivity contribution in [1.29, 1.82) is 0 Å². The number of carbonyl (C=O) groups excluding carboxylic acids is 1. The summed E-state index contributed by atoms with van der Waals surface area (Å²) in [6.07, 6.45) is 1.83. The summed E-state index contributed by atoms with van der Waals surface area (Å²) in [5.74, 6) is -0.374. The molecule has 0 bridgehead atoms. The quantitative estimate of drug-likeness (QED) is 0.780. The zero-order chi connectivity index (χ0) is 13.1. The number of carbonyl (C=O) groups is 1. The fraction of sp³-hybridized carbons (Fsp3) is 0.286. The van der Waals surface area contributed by atoms with Crippen molar-refractivity contribution in [2.24, 2.45) is 0 Å². The molecule has 0 atom stereocenters. The van der Waals surface area contributed by atoms with Crippen molar-refractivity contribution in [1.82, 2.24) is 9.78 Å². The number of hydrogen-bond donors (Lipinski definition) is 0. The van der Waals surface area contributed by atoms with Crippen LogP contribution in [0.4, 0.5) is 0 Å². The average Bonchev–Trinajstić information content (AvgIpc) is 2.72. The van der Waals surface area contributed by atoms with Gasteiger partial charge < -0.3 is 4.74 Å². The number of nitrogens with zero attached hydrogens (tertiary/aromatic N) is 2. The maximum atomic E-state index is 11.7. The second-order valence-electron chi connectivity index (χ2n) is 4.16. The van der Waals surface area contributed by atoms with E-state index in [0.717, 1.165) is 16.8 Å². The van der Waals surface area contributed by atoms with Crippen LogP contribution in [0.15, 0.2) is 30.5 Å². The van der Waals surface area contributed by atoms with E-state index < -0.39 is 0 Å². The van der Waals surface area contributed by atoms with E-state index in [9.17, 15) is 4.79 Å². The van der Waals surface area contributed by atoms with E-state index in [-0.39, 0.29) is 5.97 Å². The van der Waals surface area contributed by atoms with E-state index in [2.05, 4.69) is 5.10 Å². The van der Waals surface area contributed by atoms with Gasteiger partial charge in [-0.1, -0.05) is 12.1 Å². The van der Waals surface area contributed by atoms with Crippen molar-refractivity contribution >= 4 is 5.97 Å². The van der Waals surface area contributed by atoms with Gasteiger partial charge in [-0.15, -0.1) is 0 Å². The Hall–Kier alpha value is -2.10. The number of rotatable bonds is 3. The third-order valence-electron chi connectivity index (χ3n) is 2.63. The van der Waals surface area contributed by atoms with Crippen molar-refractivity contribution < 1.29 is 9.53 Å². The molecule has 1 heterocycles. The first kappa shape index (κ1) is 12.4. The Kier molecular flexibility index (Phi) is 3.46. The highest BCUT2D eigenvalue weighted by Crippen LogP contribution is 2.13. The molecule has 18 heavy (non-hydrogen) atoms. The Morgan fingerprint density at radius 2 is 2.17 bits per heavy atom. The van der Waals surface area contributed by atoms with Crippen molar-refractivity contribution in [2.75, 3.05) is 6.61 Å². The van der Waals surface area contributed by atoms with E-state index in [4.69, 9.17) is 4.74 Å². The largest absolute Gasteiger partial charge is 0.461 e. The van der Waals surface area contributed by atoms with Crippen LogP contribution in [0.3, 0.4) is 0 Å². The van der Waals surface area contributed by atoms with Gasteiger partial charge in [0.25, 0.3) is 0 Å². The number of hydrogen-bond acceptors (Lipinski definition) is 3. The minimum absolute atomic E-state index is 0.357. The Morgan fingerprint density at radius 3 is 2.83 bits per heavy atom. The number of benzene rings is 1. The molecule has 1 aromatic carbocycles. The molecule has 1 aromatic heterocycles. The molecule has 0 spiro atoms. The molecule has 2 rings (SSSR count). The Balaban J connectivity index is 2.37. The second-order valence-corrected chi connectivity index (χ2v) is 4.16. The van der Waals surface area contributed by atoms with E-state index >= 15 is 0 Å². The lowest BCUT2D eigenvalue weighted by Crippen LogP contribution is -2.07. The topological polar surface area (TPSA) is 44.1 Å². The Labute approximate surface area is 106 Å². The first-order chi connectivity index (χ1) is 8.61. The number of esters is 1. The number of aryl methyl sites for hydroxylation is 2. The summed E-state index contributed by atoms with van der Waals surface area (Å²) in [6, 6.07) is 7.95. The van der Waals surface area contributed by atoms with Crippen LogP contribution in [0.5, 0.6) is 0 Å². The fourth-order valence-corrected chi connectivity index (χ4v) is 1.76. The monoisotopic (exact) mass is 244 g/mol. The first-order valence-electron chi connectivity index (χ1n) is 5.92. The molecule has 2 aromatic rings. The lowest BCUT2D eigenvalue weighted by atomic mass is 10.2. The molecule has 0 saturated carbocycles. The van der Waals surface area contributed by atoms with Crippen LogP contribution < -0.4 is 0 Å². The van der Waals surface area contributed by atoms with Crippen LogP contribution in [0.25, 0.3) is 5.69 Å². The predicted molar refractivity (Wildman–Crippen MR) is 69.0 cm³/mol. The van der Waals surface area contributed by atoms with Crippen LogP contribution in [0.2, 0.25) is 0 Å². The summed E-state index contributed by atoms with van der Waals surface area (Å²) in [5.41, 5.74) is 3.28. The first-order valence-corrected chi connectivity index (χ1v) is 5.92. The number of aromatic nitrogens is 2. The molecular weight excluding hydrogens is 228 g/mol. The lowest BCUT2D eigenvalue weighted by Gasteiger charge is -2.02. The molecule has 0 amide bonds. The zero-order valence-electron chi connectivity index (χ0n) is 10.8. The Bertz CT molecular complexity index is 573. The molecular formula is C14H16N2O2. The van der Waals surface area contributed by atoms with Gasteiger partial charge in [-0.2, -0.15) is 5.10 Å². The summed E-state index contributed by atoms with van der Waals surface area (Å²) >= 11 is 0. The number of ether oxygens (including phenoxy) is 1. The van der Waals surface area contributed by atoms with Gasteiger partial charge in [0.2, 0.25) is 0 Å². The van der Waals surface area contributed by atoms with E-state index in [1.165, 1.54) is 0 Å². The van der Waals surface area contributed by atoms with Gasteiger partial charge in [-0.3, -0.25) is 0 Å². The SMILES string of the molecule is CCOC(=O)c1nn(-c2cccc(C)c2)cc1C. The smallest absolute Gasteiger partial charge is 0.359 e. The molecule has 0 unspecified atom stereocenters. The molecule has 0 saturated heterocycles. The fourth-order valence-electron chi connectivity index (χ4n) is 1.76. The zero-order valence-corrected chi connectivity index (χ0v) is 10.8. The third-order valence-corrected chi connectivity index (χ3v) is 2.63. The molecule has 0 aliphatic heterocycles. The van der Waals surface area contributed by atoms with Crippen LogP contribution in [-0.4, -0.2) is 22.4 Å². The van der Waals surface area contributed by atoms with Crippen LogP contribution in [0, 0.1) is 13.8 Å². The summed E-state index contributed by atoms with van der Waals surface area (Å²) in [4.78, 5) is 11.7. The van der Waals surface area contributed by atoms with Crippen molar-refractivity contribution in [2.45, 2.75) is 20.8 Å². The summed E-state index contributed by atoms with van der Waals surface area (Å²) in [6.45, 7) is 6.01. The summed E-state index contributed by atoms with van der Waals surface area (Å²) in [5, 5.41) is 4.28. The molecule has 94 valence electrons. The van der Waals surface area contributed by atoms with Gasteiger partial charge in [-0.25, -0.2) is 9.48 Å². The normalized spacial score (nSPS) is 10.4. The molecule has 4 nitrogen and oxygen atoms in total. The minimum Gasteiger partial charge on any atom is -0.461 e. The standard InChI is InChI=1S/C14H16N2O2/c1-4-18-14(17)13-11(3)9-16(15-13)12-7-5-6-10(2)8-12/h5-9H,4H2,1-3H3. The highest BCUT2D eigenvalue weighted by atomic mass is 16.5. The van der Waals surface area contributed by atoms with Crippen molar-refractivity contribution in [3.63, 3.8) is 0 Å². The van der Waals surface area contributed by atoms with Crippen molar-refractivity contribution in [3.05, 3.63) is 47.3 Å². The third kappa shape index (κ3) is 2.42. The van der Waals surface area contributed by atoms with E-state index in [0.29, 0.717) is 12.3 Å². The highest BCUT2D eigenvalue weighted by molar-refractivity contribution is 5.88. The average molecular weight is 244 g/mol. The molecule has 4 heteroatoms. The summed E-state index contributed by atoms with van der Waals surface area (Å²) < 4.78 is 6.67. The summed E-state index contributed by atoms with van der Waals surface area (Å²) in [7, 11) is 0. The van der Waals surface area contributed by atoms with Crippen LogP contribution in [0.1, 0.15) is 28.5 Å². The van der Waals surface area contributed by atoms with Crippen molar-refractivity contribution in [3.8, 4) is 5.69 Å². The van der Waals surface area contributed by atoms with Gasteiger partial charge >= 0.3 is 5.97 Å². The maximum Gasteiger partial charge on any atom is 0.359 e. The molecule has 0 fully saturated rings. The van der Waals surface area contributed by atoms with Gasteiger partial charge in [-0.05, 0) is 38.5 Å². The predicted octanol–water partition coefficient (Wildman–Crippen LogP) is 2.67. The van der Waals surface area contributed by atoms with Gasteiger partial charge in [0.05, 0.1) is 12.3 Å². The van der Waals surface area contributed by atoms with Gasteiger partial charge in [0.15, 0.2) is 5.69 Å². The Morgan fingerprint density at radius 1 is 1.39 bits per heavy atom.